The van der Waals surface area contributed by atoms with E-state index in [1.807, 2.05) is 36.4 Å². The summed E-state index contributed by atoms with van der Waals surface area (Å²) in [5, 5.41) is 14.0. The van der Waals surface area contributed by atoms with Gasteiger partial charge in [0.25, 0.3) is 5.91 Å². The first-order valence-corrected chi connectivity index (χ1v) is 12.5. The second-order valence-electron chi connectivity index (χ2n) is 7.86. The number of carbonyl (C=O) groups is 2. The Morgan fingerprint density at radius 2 is 1.81 bits per heavy atom. The zero-order valence-corrected chi connectivity index (χ0v) is 18.7. The molecule has 0 bridgehead atoms. The maximum absolute atomic E-state index is 13.0. The molecule has 162 valence electrons. The Hall–Kier alpha value is -2.71. The fourth-order valence-corrected chi connectivity index (χ4v) is 8.05. The minimum absolute atomic E-state index is 0.0250. The van der Waals surface area contributed by atoms with Crippen molar-refractivity contribution in [3.63, 3.8) is 0 Å². The number of hydrogen-bond donors (Lipinski definition) is 2. The third kappa shape index (κ3) is 3.85. The van der Waals surface area contributed by atoms with Gasteiger partial charge in [-0.15, -0.1) is 11.3 Å². The van der Waals surface area contributed by atoms with E-state index in [2.05, 4.69) is 5.32 Å². The first-order chi connectivity index (χ1) is 14.8. The Balaban J connectivity index is 1.74. The van der Waals surface area contributed by atoms with Crippen LogP contribution in [0.2, 0.25) is 0 Å². The summed E-state index contributed by atoms with van der Waals surface area (Å²) in [6, 6.07) is 15.0. The van der Waals surface area contributed by atoms with Crippen LogP contribution in [-0.4, -0.2) is 38.2 Å². The van der Waals surface area contributed by atoms with Crippen molar-refractivity contribution < 1.29 is 23.1 Å². The fourth-order valence-electron chi connectivity index (χ4n) is 4.28. The number of aliphatic carboxylic acids is 1. The smallest absolute Gasteiger partial charge is 0.305 e. The molecular formula is C23H23NO5S2. The molecule has 0 saturated carbocycles. The molecule has 0 radical (unpaired) electrons. The van der Waals surface area contributed by atoms with Gasteiger partial charge in [0.1, 0.15) is 4.75 Å². The summed E-state index contributed by atoms with van der Waals surface area (Å²) in [6.45, 7) is 0. The van der Waals surface area contributed by atoms with Crippen LogP contribution in [0.1, 0.15) is 40.9 Å². The van der Waals surface area contributed by atoms with Crippen LogP contribution >= 0.6 is 11.3 Å². The molecule has 8 heteroatoms. The maximum atomic E-state index is 13.0. The molecule has 0 spiro atoms. The number of carboxylic acids is 1. The highest BCUT2D eigenvalue weighted by Gasteiger charge is 2.49. The highest BCUT2D eigenvalue weighted by atomic mass is 32.2. The molecule has 0 unspecified atom stereocenters. The van der Waals surface area contributed by atoms with E-state index in [4.69, 9.17) is 0 Å². The van der Waals surface area contributed by atoms with Gasteiger partial charge in [0, 0.05) is 22.4 Å². The third-order valence-electron chi connectivity index (χ3n) is 5.94. The van der Waals surface area contributed by atoms with Crippen LogP contribution in [0.4, 0.5) is 0 Å². The van der Waals surface area contributed by atoms with E-state index in [-0.39, 0.29) is 11.7 Å². The number of sulfone groups is 1. The fraction of sp³-hybridized carbons (Fsp3) is 0.304. The van der Waals surface area contributed by atoms with Crippen LogP contribution in [0.3, 0.4) is 0 Å². The van der Waals surface area contributed by atoms with Crippen molar-refractivity contribution in [3.8, 4) is 10.4 Å². The monoisotopic (exact) mass is 457 g/mol. The number of thiophene rings is 1. The molecule has 2 aromatic carbocycles. The third-order valence-corrected chi connectivity index (χ3v) is 10.00. The Kier molecular flexibility index (Phi) is 5.61. The molecule has 31 heavy (non-hydrogen) atoms. The lowest BCUT2D eigenvalue weighted by Crippen LogP contribution is -2.41. The van der Waals surface area contributed by atoms with Crippen LogP contribution in [-0.2, 0) is 19.4 Å². The molecule has 0 aliphatic carbocycles. The lowest BCUT2D eigenvalue weighted by atomic mass is 9.95. The number of hydrogen-bond acceptors (Lipinski definition) is 5. The van der Waals surface area contributed by atoms with E-state index in [1.54, 1.807) is 19.2 Å². The van der Waals surface area contributed by atoms with Gasteiger partial charge in [0.05, 0.1) is 12.2 Å². The Morgan fingerprint density at radius 3 is 2.52 bits per heavy atom. The van der Waals surface area contributed by atoms with E-state index >= 15 is 0 Å². The van der Waals surface area contributed by atoms with Gasteiger partial charge in [-0.05, 0) is 59.5 Å². The summed E-state index contributed by atoms with van der Waals surface area (Å²) in [6.07, 6.45) is 1.20. The van der Waals surface area contributed by atoms with Crippen LogP contribution < -0.4 is 5.32 Å². The first-order valence-electron chi connectivity index (χ1n) is 10.1. The highest BCUT2D eigenvalue weighted by molar-refractivity contribution is 7.92. The maximum Gasteiger partial charge on any atom is 0.305 e. The SMILES string of the molecule is CNC(=O)c1ccc2cc(-c3ccc([C@@]4(CC(=O)O)CCCCS4(=O)=O)s3)ccc2c1. The van der Waals surface area contributed by atoms with Crippen molar-refractivity contribution in [2.45, 2.75) is 30.4 Å². The second kappa shape index (κ2) is 8.09. The molecule has 1 saturated heterocycles. The molecule has 1 fully saturated rings. The van der Waals surface area contributed by atoms with Gasteiger partial charge in [0.2, 0.25) is 0 Å². The van der Waals surface area contributed by atoms with Crippen molar-refractivity contribution in [1.29, 1.82) is 0 Å². The predicted octanol–water partition coefficient (Wildman–Crippen LogP) is 4.20. The number of fused-ring (bicyclic) bond motifs is 1. The molecule has 2 N–H and O–H groups in total. The van der Waals surface area contributed by atoms with Gasteiger partial charge in [-0.1, -0.05) is 24.6 Å². The topological polar surface area (TPSA) is 101 Å². The summed E-state index contributed by atoms with van der Waals surface area (Å²) < 4.78 is 24.6. The minimum atomic E-state index is -3.56. The Morgan fingerprint density at radius 1 is 1.06 bits per heavy atom. The lowest BCUT2D eigenvalue weighted by molar-refractivity contribution is -0.137. The molecule has 1 atom stereocenters. The standard InChI is InChI=1S/C23H23NO5S2/c1-24-22(27)18-7-5-15-12-17(6-4-16(15)13-18)19-8-9-20(30-19)23(14-21(25)26)10-2-3-11-31(23,28)29/h4-9,12-13H,2-3,10-11,14H2,1H3,(H,24,27)(H,25,26)/t23-/m0/s1. The average molecular weight is 458 g/mol. The summed E-state index contributed by atoms with van der Waals surface area (Å²) in [7, 11) is -1.97. The Labute approximate surface area is 184 Å². The number of carbonyl (C=O) groups excluding carboxylic acids is 1. The Bertz CT molecular complexity index is 1280. The van der Waals surface area contributed by atoms with Crippen molar-refractivity contribution in [2.24, 2.45) is 0 Å². The van der Waals surface area contributed by atoms with Gasteiger partial charge in [0.15, 0.2) is 9.84 Å². The van der Waals surface area contributed by atoms with Gasteiger partial charge < -0.3 is 10.4 Å². The molecule has 1 aromatic heterocycles. The summed E-state index contributed by atoms with van der Waals surface area (Å²) in [5.74, 6) is -1.22. The van der Waals surface area contributed by atoms with Crippen molar-refractivity contribution in [1.82, 2.24) is 5.32 Å². The number of amides is 1. The van der Waals surface area contributed by atoms with Crippen LogP contribution in [0.5, 0.6) is 0 Å². The van der Waals surface area contributed by atoms with E-state index < -0.39 is 27.0 Å². The van der Waals surface area contributed by atoms with Crippen LogP contribution in [0.25, 0.3) is 21.2 Å². The van der Waals surface area contributed by atoms with E-state index in [0.29, 0.717) is 29.7 Å². The molecular weight excluding hydrogens is 434 g/mol. The zero-order valence-electron chi connectivity index (χ0n) is 17.1. The van der Waals surface area contributed by atoms with Gasteiger partial charge in [-0.25, -0.2) is 8.42 Å². The average Bonchev–Trinajstić information content (AvgIpc) is 3.24. The number of carboxylic acid groups (broad SMARTS) is 1. The van der Waals surface area contributed by atoms with Crippen molar-refractivity contribution in [3.05, 3.63) is 59.0 Å². The largest absolute Gasteiger partial charge is 0.481 e. The molecule has 2 heterocycles. The summed E-state index contributed by atoms with van der Waals surface area (Å²) >= 11 is 1.35. The molecule has 6 nitrogen and oxygen atoms in total. The van der Waals surface area contributed by atoms with Crippen LogP contribution in [0, 0.1) is 0 Å². The molecule has 1 aliphatic heterocycles. The molecule has 4 rings (SSSR count). The summed E-state index contributed by atoms with van der Waals surface area (Å²) in [4.78, 5) is 24.9. The van der Waals surface area contributed by atoms with Crippen molar-refractivity contribution >= 4 is 43.8 Å². The zero-order chi connectivity index (χ0) is 22.2. The summed E-state index contributed by atoms with van der Waals surface area (Å²) in [5.41, 5.74) is 1.51. The van der Waals surface area contributed by atoms with Crippen LogP contribution in [0.15, 0.2) is 48.5 Å². The number of benzene rings is 2. The minimum Gasteiger partial charge on any atom is -0.481 e. The molecule has 1 amide bonds. The quantitative estimate of drug-likeness (QED) is 0.598. The highest BCUT2D eigenvalue weighted by Crippen LogP contribution is 2.47. The second-order valence-corrected chi connectivity index (χ2v) is 11.4. The van der Waals surface area contributed by atoms with E-state index in [9.17, 15) is 23.1 Å². The number of rotatable bonds is 5. The van der Waals surface area contributed by atoms with E-state index in [1.165, 1.54) is 11.3 Å². The predicted molar refractivity (Wildman–Crippen MR) is 122 cm³/mol. The van der Waals surface area contributed by atoms with Gasteiger partial charge in [-0.2, -0.15) is 0 Å². The van der Waals surface area contributed by atoms with Gasteiger partial charge in [-0.3, -0.25) is 9.59 Å². The van der Waals surface area contributed by atoms with E-state index in [0.717, 1.165) is 21.2 Å². The lowest BCUT2D eigenvalue weighted by Gasteiger charge is -2.34. The normalized spacial score (nSPS) is 20.4. The van der Waals surface area contributed by atoms with Crippen molar-refractivity contribution in [2.75, 3.05) is 12.8 Å². The number of nitrogens with one attached hydrogen (secondary N) is 1. The molecule has 3 aromatic rings. The van der Waals surface area contributed by atoms with Gasteiger partial charge >= 0.3 is 5.97 Å². The first kappa shape index (κ1) is 21.5. The molecule has 1 aliphatic rings.